The van der Waals surface area contributed by atoms with Crippen molar-refractivity contribution in [1.82, 2.24) is 5.32 Å². The van der Waals surface area contributed by atoms with Gasteiger partial charge in [-0.1, -0.05) is 24.4 Å². The fourth-order valence-corrected chi connectivity index (χ4v) is 2.50. The lowest BCUT2D eigenvalue weighted by molar-refractivity contribution is -0.115. The molecule has 2 rings (SSSR count). The number of nitrogens with one attached hydrogen (secondary N) is 2. The monoisotopic (exact) mass is 282 g/mol. The van der Waals surface area contributed by atoms with Crippen molar-refractivity contribution in [1.29, 1.82) is 0 Å². The number of benzene rings is 1. The van der Waals surface area contributed by atoms with Crippen molar-refractivity contribution in [2.75, 3.05) is 19.0 Å². The molecule has 0 heterocycles. The van der Waals surface area contributed by atoms with Gasteiger partial charge >= 0.3 is 0 Å². The smallest absolute Gasteiger partial charge is 0.238 e. The van der Waals surface area contributed by atoms with Crippen molar-refractivity contribution >= 4 is 23.2 Å². The molecular formula is C14H19ClN2O2. The molecule has 1 aromatic carbocycles. The molecule has 1 fully saturated rings. The van der Waals surface area contributed by atoms with Crippen LogP contribution in [-0.2, 0) is 4.79 Å². The molecule has 19 heavy (non-hydrogen) atoms. The molecule has 104 valence electrons. The van der Waals surface area contributed by atoms with Crippen LogP contribution in [0.5, 0.6) is 5.75 Å². The molecule has 1 aliphatic carbocycles. The lowest BCUT2D eigenvalue weighted by Gasteiger charge is -2.12. The summed E-state index contributed by atoms with van der Waals surface area (Å²) in [6.45, 7) is 0.343. The molecular weight excluding hydrogens is 264 g/mol. The zero-order valence-electron chi connectivity index (χ0n) is 11.0. The second-order valence-corrected chi connectivity index (χ2v) is 5.17. The van der Waals surface area contributed by atoms with E-state index in [0.717, 1.165) is 0 Å². The third kappa shape index (κ3) is 4.11. The first kappa shape index (κ1) is 14.2. The predicted octanol–water partition coefficient (Wildman–Crippen LogP) is 2.82. The van der Waals surface area contributed by atoms with Crippen LogP contribution in [0.2, 0.25) is 5.02 Å². The van der Waals surface area contributed by atoms with Crippen molar-refractivity contribution in [3.05, 3.63) is 23.2 Å². The van der Waals surface area contributed by atoms with Crippen LogP contribution in [-0.4, -0.2) is 25.6 Å². The zero-order valence-corrected chi connectivity index (χ0v) is 11.8. The van der Waals surface area contributed by atoms with Gasteiger partial charge in [0.1, 0.15) is 5.75 Å². The number of hydrogen-bond donors (Lipinski definition) is 2. The zero-order chi connectivity index (χ0) is 13.7. The van der Waals surface area contributed by atoms with E-state index >= 15 is 0 Å². The molecule has 0 radical (unpaired) electrons. The topological polar surface area (TPSA) is 50.4 Å². The van der Waals surface area contributed by atoms with Gasteiger partial charge in [0.25, 0.3) is 0 Å². The van der Waals surface area contributed by atoms with Crippen LogP contribution in [0.25, 0.3) is 0 Å². The Balaban J connectivity index is 1.84. The van der Waals surface area contributed by atoms with Crippen LogP contribution in [0, 0.1) is 0 Å². The first-order valence-corrected chi connectivity index (χ1v) is 6.93. The minimum absolute atomic E-state index is 0.0451. The molecule has 0 aromatic heterocycles. The second kappa shape index (κ2) is 6.78. The van der Waals surface area contributed by atoms with Gasteiger partial charge in [0.05, 0.1) is 18.7 Å². The molecule has 1 aliphatic rings. The number of ether oxygens (including phenoxy) is 1. The fraction of sp³-hybridized carbons (Fsp3) is 0.500. The lowest BCUT2D eigenvalue weighted by atomic mass is 10.2. The quantitative estimate of drug-likeness (QED) is 0.873. The van der Waals surface area contributed by atoms with Gasteiger partial charge in [-0.3, -0.25) is 4.79 Å². The van der Waals surface area contributed by atoms with E-state index in [1.807, 2.05) is 0 Å². The Bertz CT molecular complexity index is 445. The number of carbonyl (C=O) groups excluding carboxylic acids is 1. The van der Waals surface area contributed by atoms with E-state index in [1.165, 1.54) is 25.7 Å². The molecule has 5 heteroatoms. The normalized spacial score (nSPS) is 15.5. The van der Waals surface area contributed by atoms with Gasteiger partial charge in [0.15, 0.2) is 0 Å². The molecule has 0 spiro atoms. The van der Waals surface area contributed by atoms with Crippen LogP contribution < -0.4 is 15.4 Å². The van der Waals surface area contributed by atoms with Crippen molar-refractivity contribution in [2.24, 2.45) is 0 Å². The van der Waals surface area contributed by atoms with E-state index in [4.69, 9.17) is 16.3 Å². The second-order valence-electron chi connectivity index (χ2n) is 4.76. The molecule has 0 atom stereocenters. The summed E-state index contributed by atoms with van der Waals surface area (Å²) < 4.78 is 5.11. The number of anilines is 1. The highest BCUT2D eigenvalue weighted by molar-refractivity contribution is 6.32. The predicted molar refractivity (Wildman–Crippen MR) is 76.9 cm³/mol. The van der Waals surface area contributed by atoms with Gasteiger partial charge in [0.2, 0.25) is 5.91 Å². The van der Waals surface area contributed by atoms with Gasteiger partial charge in [-0.2, -0.15) is 0 Å². The molecule has 1 saturated carbocycles. The Morgan fingerprint density at radius 3 is 2.84 bits per heavy atom. The molecule has 0 bridgehead atoms. The van der Waals surface area contributed by atoms with E-state index in [0.29, 0.717) is 29.0 Å². The highest BCUT2D eigenvalue weighted by Gasteiger charge is 2.15. The first-order valence-electron chi connectivity index (χ1n) is 6.56. The van der Waals surface area contributed by atoms with Gasteiger partial charge < -0.3 is 15.4 Å². The Kier molecular flexibility index (Phi) is 5.05. The largest absolute Gasteiger partial charge is 0.495 e. The first-order chi connectivity index (χ1) is 9.19. The highest BCUT2D eigenvalue weighted by Crippen LogP contribution is 2.27. The summed E-state index contributed by atoms with van der Waals surface area (Å²) in [6.07, 6.45) is 4.85. The van der Waals surface area contributed by atoms with Crippen LogP contribution in [0.15, 0.2) is 18.2 Å². The molecule has 0 aliphatic heterocycles. The molecule has 1 amide bonds. The van der Waals surface area contributed by atoms with Gasteiger partial charge in [-0.15, -0.1) is 0 Å². The fourth-order valence-electron chi connectivity index (χ4n) is 2.31. The van der Waals surface area contributed by atoms with Crippen LogP contribution in [0.4, 0.5) is 5.69 Å². The summed E-state index contributed by atoms with van der Waals surface area (Å²) in [6, 6.07) is 5.68. The summed E-state index contributed by atoms with van der Waals surface area (Å²) in [5, 5.41) is 6.63. The van der Waals surface area contributed by atoms with Gasteiger partial charge in [-0.05, 0) is 25.0 Å². The number of carbonyl (C=O) groups is 1. The summed E-state index contributed by atoms with van der Waals surface area (Å²) in [5.74, 6) is 0.513. The summed E-state index contributed by atoms with van der Waals surface area (Å²) in [4.78, 5) is 11.8. The average Bonchev–Trinajstić information content (AvgIpc) is 2.92. The maximum atomic E-state index is 11.8. The van der Waals surface area contributed by atoms with Crippen LogP contribution in [0.3, 0.4) is 0 Å². The van der Waals surface area contributed by atoms with Crippen molar-refractivity contribution < 1.29 is 9.53 Å². The van der Waals surface area contributed by atoms with Crippen molar-refractivity contribution in [3.63, 3.8) is 0 Å². The average molecular weight is 283 g/mol. The van der Waals surface area contributed by atoms with Gasteiger partial charge in [-0.25, -0.2) is 0 Å². The molecule has 2 N–H and O–H groups in total. The van der Waals surface area contributed by atoms with Crippen LogP contribution in [0.1, 0.15) is 25.7 Å². The molecule has 1 aromatic rings. The molecule has 4 nitrogen and oxygen atoms in total. The van der Waals surface area contributed by atoms with Gasteiger partial charge in [0, 0.05) is 17.8 Å². The number of rotatable bonds is 5. The minimum atomic E-state index is -0.0451. The summed E-state index contributed by atoms with van der Waals surface area (Å²) >= 11 is 5.93. The number of amides is 1. The highest BCUT2D eigenvalue weighted by atomic mass is 35.5. The van der Waals surface area contributed by atoms with E-state index in [2.05, 4.69) is 10.6 Å². The maximum Gasteiger partial charge on any atom is 0.238 e. The van der Waals surface area contributed by atoms with E-state index in [9.17, 15) is 4.79 Å². The van der Waals surface area contributed by atoms with Crippen LogP contribution >= 0.6 is 11.6 Å². The van der Waals surface area contributed by atoms with E-state index in [-0.39, 0.29) is 5.91 Å². The van der Waals surface area contributed by atoms with Crippen molar-refractivity contribution in [3.8, 4) is 5.75 Å². The number of methoxy groups -OCH3 is 1. The maximum absolute atomic E-state index is 11.8. The Morgan fingerprint density at radius 2 is 2.16 bits per heavy atom. The molecule has 0 saturated heterocycles. The molecule has 0 unspecified atom stereocenters. The standard InChI is InChI=1S/C14H19ClN2O2/c1-19-13-8-11(6-7-12(13)15)17-14(18)9-16-10-4-2-3-5-10/h6-8,10,16H,2-5,9H2,1H3,(H,17,18). The summed E-state index contributed by atoms with van der Waals surface area (Å²) in [5.41, 5.74) is 0.694. The van der Waals surface area contributed by atoms with E-state index in [1.54, 1.807) is 25.3 Å². The number of hydrogen-bond acceptors (Lipinski definition) is 3. The Morgan fingerprint density at radius 1 is 1.42 bits per heavy atom. The lowest BCUT2D eigenvalue weighted by Crippen LogP contribution is -2.34. The Labute approximate surface area is 118 Å². The SMILES string of the molecule is COc1cc(NC(=O)CNC2CCCC2)ccc1Cl. The minimum Gasteiger partial charge on any atom is -0.495 e. The number of halogens is 1. The third-order valence-electron chi connectivity index (χ3n) is 3.34. The summed E-state index contributed by atoms with van der Waals surface area (Å²) in [7, 11) is 1.55. The van der Waals surface area contributed by atoms with E-state index < -0.39 is 0 Å². The Hall–Kier alpha value is -1.26. The third-order valence-corrected chi connectivity index (χ3v) is 3.65. The van der Waals surface area contributed by atoms with Crippen molar-refractivity contribution in [2.45, 2.75) is 31.7 Å².